The molecule has 1 amide bonds. The summed E-state index contributed by atoms with van der Waals surface area (Å²) in [5, 5.41) is 11.0. The minimum atomic E-state index is -0.772. The summed E-state index contributed by atoms with van der Waals surface area (Å²) in [5.41, 5.74) is 1.13. The Labute approximate surface area is 176 Å². The van der Waals surface area contributed by atoms with Crippen LogP contribution in [0.4, 0.5) is 0 Å². The fourth-order valence-corrected chi connectivity index (χ4v) is 3.54. The molecule has 0 bridgehead atoms. The van der Waals surface area contributed by atoms with Gasteiger partial charge in [-0.1, -0.05) is 30.3 Å². The molecule has 1 unspecified atom stereocenters. The highest BCUT2D eigenvalue weighted by Crippen LogP contribution is 2.43. The van der Waals surface area contributed by atoms with Crippen LogP contribution in [-0.2, 0) is 9.59 Å². The maximum atomic E-state index is 13.0. The third-order valence-electron chi connectivity index (χ3n) is 5.11. The number of ether oxygens (including phenoxy) is 2. The molecule has 158 valence electrons. The second-order valence-electron chi connectivity index (χ2n) is 7.27. The van der Waals surface area contributed by atoms with Crippen molar-refractivity contribution in [3.63, 3.8) is 0 Å². The Morgan fingerprint density at radius 1 is 1.07 bits per heavy atom. The van der Waals surface area contributed by atoms with Crippen molar-refractivity contribution >= 4 is 17.4 Å². The van der Waals surface area contributed by atoms with Crippen molar-refractivity contribution in [2.45, 2.75) is 6.04 Å². The Morgan fingerprint density at radius 3 is 2.37 bits per heavy atom. The number of aliphatic hydroxyl groups excluding tert-OH is 1. The van der Waals surface area contributed by atoms with Crippen molar-refractivity contribution in [3.05, 3.63) is 65.2 Å². The molecule has 30 heavy (non-hydrogen) atoms. The molecule has 1 heterocycles. The summed E-state index contributed by atoms with van der Waals surface area (Å²) < 4.78 is 10.8. The lowest BCUT2D eigenvalue weighted by Gasteiger charge is -2.27. The minimum Gasteiger partial charge on any atom is -0.507 e. The minimum absolute atomic E-state index is 0.0495. The van der Waals surface area contributed by atoms with Crippen molar-refractivity contribution in [1.29, 1.82) is 0 Å². The number of benzene rings is 2. The number of hydrogen-bond donors (Lipinski definition) is 1. The predicted octanol–water partition coefficient (Wildman–Crippen LogP) is 2.69. The largest absolute Gasteiger partial charge is 0.507 e. The fraction of sp³-hybridized carbons (Fsp3) is 0.304. The number of carbonyl (C=O) groups is 2. The van der Waals surface area contributed by atoms with Crippen molar-refractivity contribution < 1.29 is 24.2 Å². The Bertz CT molecular complexity index is 969. The Kier molecular flexibility index (Phi) is 6.42. The van der Waals surface area contributed by atoms with Crippen molar-refractivity contribution in [2.75, 3.05) is 41.4 Å². The fourth-order valence-electron chi connectivity index (χ4n) is 3.54. The number of rotatable bonds is 7. The van der Waals surface area contributed by atoms with Crippen LogP contribution in [0.3, 0.4) is 0 Å². The molecule has 1 aliphatic heterocycles. The van der Waals surface area contributed by atoms with Gasteiger partial charge in [-0.05, 0) is 26.2 Å². The molecule has 1 aliphatic rings. The van der Waals surface area contributed by atoms with E-state index in [2.05, 4.69) is 0 Å². The molecule has 3 rings (SSSR count). The van der Waals surface area contributed by atoms with E-state index in [0.29, 0.717) is 35.7 Å². The second kappa shape index (κ2) is 9.00. The van der Waals surface area contributed by atoms with Gasteiger partial charge in [0.2, 0.25) is 0 Å². The summed E-state index contributed by atoms with van der Waals surface area (Å²) in [6.45, 7) is 0.885. The Hall–Kier alpha value is -3.32. The molecule has 1 saturated heterocycles. The monoisotopic (exact) mass is 410 g/mol. The molecule has 0 aliphatic carbocycles. The predicted molar refractivity (Wildman–Crippen MR) is 114 cm³/mol. The molecule has 0 radical (unpaired) electrons. The first kappa shape index (κ1) is 21.4. The average molecular weight is 410 g/mol. The molecule has 7 nitrogen and oxygen atoms in total. The molecule has 2 aromatic rings. The van der Waals surface area contributed by atoms with Crippen LogP contribution >= 0.6 is 0 Å². The van der Waals surface area contributed by atoms with Crippen LogP contribution in [0, 0.1) is 0 Å². The van der Waals surface area contributed by atoms with Crippen LogP contribution in [0.15, 0.2) is 54.1 Å². The van der Waals surface area contributed by atoms with Gasteiger partial charge in [-0.15, -0.1) is 0 Å². The summed E-state index contributed by atoms with van der Waals surface area (Å²) in [6.07, 6.45) is 0. The van der Waals surface area contributed by atoms with Crippen LogP contribution in [0.25, 0.3) is 5.76 Å². The number of likely N-dealkylation sites (tertiary alicyclic amines) is 1. The number of amides is 1. The number of carbonyl (C=O) groups excluding carboxylic acids is 2. The molecule has 1 fully saturated rings. The number of Topliss-reactive ketones (excluding diaryl/α,β-unsaturated/α-hetero) is 1. The molecule has 1 N–H and O–H groups in total. The molecular weight excluding hydrogens is 384 g/mol. The van der Waals surface area contributed by atoms with Gasteiger partial charge in [0.05, 0.1) is 25.8 Å². The van der Waals surface area contributed by atoms with E-state index in [1.807, 2.05) is 25.1 Å². The summed E-state index contributed by atoms with van der Waals surface area (Å²) in [7, 11) is 6.85. The zero-order chi connectivity index (χ0) is 21.8. The first-order chi connectivity index (χ1) is 14.4. The SMILES string of the molecule is COc1ccc(C2C(=C(O)c3ccccc3)C(=O)C(=O)N2CCN(C)C)c(OC)c1. The lowest BCUT2D eigenvalue weighted by Crippen LogP contribution is -2.35. The van der Waals surface area contributed by atoms with E-state index >= 15 is 0 Å². The van der Waals surface area contributed by atoms with Crippen molar-refractivity contribution in [1.82, 2.24) is 9.80 Å². The van der Waals surface area contributed by atoms with Crippen molar-refractivity contribution in [3.8, 4) is 11.5 Å². The lowest BCUT2D eigenvalue weighted by atomic mass is 9.94. The summed E-state index contributed by atoms with van der Waals surface area (Å²) in [6, 6.07) is 13.2. The molecule has 2 aromatic carbocycles. The zero-order valence-electron chi connectivity index (χ0n) is 17.6. The lowest BCUT2D eigenvalue weighted by molar-refractivity contribution is -0.140. The maximum absolute atomic E-state index is 13.0. The smallest absolute Gasteiger partial charge is 0.295 e. The quantitative estimate of drug-likeness (QED) is 0.430. The highest BCUT2D eigenvalue weighted by atomic mass is 16.5. The first-order valence-corrected chi connectivity index (χ1v) is 9.59. The molecule has 0 spiro atoms. The normalized spacial score (nSPS) is 18.2. The Morgan fingerprint density at radius 2 is 1.77 bits per heavy atom. The summed E-state index contributed by atoms with van der Waals surface area (Å²) in [4.78, 5) is 29.3. The molecule has 7 heteroatoms. The number of aliphatic hydroxyl groups is 1. The van der Waals surface area contributed by atoms with E-state index in [4.69, 9.17) is 9.47 Å². The van der Waals surface area contributed by atoms with Gasteiger partial charge >= 0.3 is 0 Å². The van der Waals surface area contributed by atoms with Crippen LogP contribution in [0.1, 0.15) is 17.2 Å². The maximum Gasteiger partial charge on any atom is 0.295 e. The van der Waals surface area contributed by atoms with E-state index in [9.17, 15) is 14.7 Å². The van der Waals surface area contributed by atoms with Crippen LogP contribution in [0.2, 0.25) is 0 Å². The number of nitrogens with zero attached hydrogens (tertiary/aromatic N) is 2. The Balaban J connectivity index is 2.20. The second-order valence-corrected chi connectivity index (χ2v) is 7.27. The van der Waals surface area contributed by atoms with Gasteiger partial charge in [-0.3, -0.25) is 9.59 Å². The highest BCUT2D eigenvalue weighted by Gasteiger charge is 2.46. The zero-order valence-corrected chi connectivity index (χ0v) is 17.6. The standard InChI is InChI=1S/C23H26N2O5/c1-24(2)12-13-25-20(17-11-10-16(29-3)14-18(17)30-4)19(22(27)23(25)28)21(26)15-8-6-5-7-9-15/h5-11,14,20,26H,12-13H2,1-4H3. The van der Waals surface area contributed by atoms with Gasteiger partial charge in [-0.2, -0.15) is 0 Å². The third kappa shape index (κ3) is 4.02. The van der Waals surface area contributed by atoms with E-state index < -0.39 is 17.7 Å². The molecular formula is C23H26N2O5. The highest BCUT2D eigenvalue weighted by molar-refractivity contribution is 6.46. The van der Waals surface area contributed by atoms with Crippen LogP contribution in [-0.4, -0.2) is 68.0 Å². The van der Waals surface area contributed by atoms with Crippen molar-refractivity contribution in [2.24, 2.45) is 0 Å². The van der Waals surface area contributed by atoms with Crippen LogP contribution < -0.4 is 9.47 Å². The number of hydrogen-bond acceptors (Lipinski definition) is 6. The average Bonchev–Trinajstić information content (AvgIpc) is 3.01. The van der Waals surface area contributed by atoms with Gasteiger partial charge in [0.1, 0.15) is 17.3 Å². The first-order valence-electron chi connectivity index (χ1n) is 9.59. The third-order valence-corrected chi connectivity index (χ3v) is 5.11. The molecule has 1 atom stereocenters. The molecule has 0 saturated carbocycles. The topological polar surface area (TPSA) is 79.3 Å². The number of likely N-dealkylation sites (N-methyl/N-ethyl adjacent to an activating group) is 1. The van der Waals surface area contributed by atoms with E-state index in [1.54, 1.807) is 49.6 Å². The van der Waals surface area contributed by atoms with Gasteiger partial charge in [-0.25, -0.2) is 0 Å². The van der Waals surface area contributed by atoms with Gasteiger partial charge < -0.3 is 24.4 Å². The number of methoxy groups -OCH3 is 2. The number of ketones is 1. The van der Waals surface area contributed by atoms with Gasteiger partial charge in [0.15, 0.2) is 0 Å². The van der Waals surface area contributed by atoms with E-state index in [-0.39, 0.29) is 11.3 Å². The van der Waals surface area contributed by atoms with E-state index in [1.165, 1.54) is 12.0 Å². The van der Waals surface area contributed by atoms with E-state index in [0.717, 1.165) is 0 Å². The summed E-state index contributed by atoms with van der Waals surface area (Å²) >= 11 is 0. The van der Waals surface area contributed by atoms with Gasteiger partial charge in [0.25, 0.3) is 11.7 Å². The van der Waals surface area contributed by atoms with Gasteiger partial charge in [0, 0.05) is 30.3 Å². The molecule has 0 aromatic heterocycles. The summed E-state index contributed by atoms with van der Waals surface area (Å²) in [5.74, 6) is -0.502. The van der Waals surface area contributed by atoms with Crippen LogP contribution in [0.5, 0.6) is 11.5 Å².